The molecule has 0 amide bonds. The van der Waals surface area contributed by atoms with Crippen molar-refractivity contribution < 1.29 is 19.0 Å². The topological polar surface area (TPSA) is 68.5 Å². The zero-order valence-electron chi connectivity index (χ0n) is 14.9. The van der Waals surface area contributed by atoms with E-state index in [0.717, 1.165) is 16.9 Å². The molecule has 2 rings (SSSR count). The summed E-state index contributed by atoms with van der Waals surface area (Å²) in [5.41, 5.74) is 1.40. The van der Waals surface area contributed by atoms with Crippen LogP contribution in [0.3, 0.4) is 0 Å². The average molecular weight is 351 g/mol. The van der Waals surface area contributed by atoms with Crippen LogP contribution in [-0.4, -0.2) is 19.2 Å². The van der Waals surface area contributed by atoms with Crippen molar-refractivity contribution in [2.75, 3.05) is 13.2 Å². The second kappa shape index (κ2) is 9.90. The standard InChI is InChI=1S/C21H21NO4/c1-3-24-19-11-9-16(10-12-19)13-18(14-22)21(23)26-15-17-7-5-6-8-20(17)25-4-2/h5-13H,3-4,15H2,1-2H3/b18-13+. The van der Waals surface area contributed by atoms with Crippen molar-refractivity contribution in [3.63, 3.8) is 0 Å². The maximum atomic E-state index is 12.2. The Hall–Kier alpha value is -3.26. The number of nitrogens with zero attached hydrogens (tertiary/aromatic N) is 1. The highest BCUT2D eigenvalue weighted by Crippen LogP contribution is 2.20. The Morgan fingerprint density at radius 2 is 1.73 bits per heavy atom. The van der Waals surface area contributed by atoms with Crippen LogP contribution in [0.4, 0.5) is 0 Å². The van der Waals surface area contributed by atoms with Crippen molar-refractivity contribution in [3.8, 4) is 17.6 Å². The highest BCUT2D eigenvalue weighted by molar-refractivity contribution is 5.97. The minimum absolute atomic E-state index is 0.0390. The Labute approximate surface area is 153 Å². The van der Waals surface area contributed by atoms with Gasteiger partial charge in [-0.25, -0.2) is 4.79 Å². The number of para-hydroxylation sites is 1. The van der Waals surface area contributed by atoms with Gasteiger partial charge in [0.1, 0.15) is 29.7 Å². The van der Waals surface area contributed by atoms with Gasteiger partial charge in [0.2, 0.25) is 0 Å². The fourth-order valence-electron chi connectivity index (χ4n) is 2.27. The van der Waals surface area contributed by atoms with E-state index in [0.29, 0.717) is 19.0 Å². The largest absolute Gasteiger partial charge is 0.494 e. The van der Waals surface area contributed by atoms with Crippen molar-refractivity contribution in [2.45, 2.75) is 20.5 Å². The molecule has 0 saturated carbocycles. The van der Waals surface area contributed by atoms with Gasteiger partial charge in [-0.2, -0.15) is 5.26 Å². The molecule has 134 valence electrons. The third kappa shape index (κ3) is 5.38. The molecule has 0 unspecified atom stereocenters. The minimum atomic E-state index is -0.673. The Kier molecular flexibility index (Phi) is 7.26. The van der Waals surface area contributed by atoms with E-state index in [1.807, 2.05) is 44.2 Å². The molecule has 26 heavy (non-hydrogen) atoms. The van der Waals surface area contributed by atoms with Gasteiger partial charge in [-0.15, -0.1) is 0 Å². The van der Waals surface area contributed by atoms with E-state index in [2.05, 4.69) is 0 Å². The lowest BCUT2D eigenvalue weighted by molar-refractivity contribution is -0.139. The summed E-state index contributed by atoms with van der Waals surface area (Å²) in [6, 6.07) is 16.3. The van der Waals surface area contributed by atoms with Crippen LogP contribution in [0.2, 0.25) is 0 Å². The molecule has 0 fully saturated rings. The van der Waals surface area contributed by atoms with E-state index in [1.54, 1.807) is 24.3 Å². The van der Waals surface area contributed by atoms with Crippen LogP contribution >= 0.6 is 0 Å². The number of ether oxygens (including phenoxy) is 3. The predicted octanol–water partition coefficient (Wildman–Crippen LogP) is 4.13. The highest BCUT2D eigenvalue weighted by atomic mass is 16.5. The summed E-state index contributed by atoms with van der Waals surface area (Å²) in [5.74, 6) is 0.725. The Morgan fingerprint density at radius 3 is 2.38 bits per heavy atom. The number of carbonyl (C=O) groups excluding carboxylic acids is 1. The maximum absolute atomic E-state index is 12.2. The summed E-state index contributed by atoms with van der Waals surface area (Å²) in [4.78, 5) is 12.2. The van der Waals surface area contributed by atoms with Gasteiger partial charge in [-0.3, -0.25) is 0 Å². The number of carbonyl (C=O) groups is 1. The van der Waals surface area contributed by atoms with E-state index in [4.69, 9.17) is 14.2 Å². The third-order valence-corrected chi connectivity index (χ3v) is 3.47. The molecule has 0 aliphatic carbocycles. The van der Waals surface area contributed by atoms with Crippen molar-refractivity contribution >= 4 is 12.0 Å². The fraction of sp³-hybridized carbons (Fsp3) is 0.238. The predicted molar refractivity (Wildman–Crippen MR) is 98.6 cm³/mol. The maximum Gasteiger partial charge on any atom is 0.349 e. The number of benzene rings is 2. The van der Waals surface area contributed by atoms with Gasteiger partial charge in [-0.05, 0) is 43.7 Å². The van der Waals surface area contributed by atoms with Crippen molar-refractivity contribution in [3.05, 3.63) is 65.2 Å². The monoisotopic (exact) mass is 351 g/mol. The molecule has 0 N–H and O–H groups in total. The van der Waals surface area contributed by atoms with Gasteiger partial charge < -0.3 is 14.2 Å². The van der Waals surface area contributed by atoms with Gasteiger partial charge in [0, 0.05) is 5.56 Å². The molecule has 5 heteroatoms. The normalized spacial score (nSPS) is 10.7. The lowest BCUT2D eigenvalue weighted by Crippen LogP contribution is -2.08. The number of hydrogen-bond acceptors (Lipinski definition) is 5. The molecule has 0 heterocycles. The summed E-state index contributed by atoms with van der Waals surface area (Å²) < 4.78 is 16.1. The fourth-order valence-corrected chi connectivity index (χ4v) is 2.27. The first-order valence-electron chi connectivity index (χ1n) is 8.40. The highest BCUT2D eigenvalue weighted by Gasteiger charge is 2.12. The molecule has 0 aliphatic heterocycles. The van der Waals surface area contributed by atoms with Crippen LogP contribution in [-0.2, 0) is 16.1 Å². The molecule has 0 aliphatic rings. The quantitative estimate of drug-likeness (QED) is 0.406. The second-order valence-electron chi connectivity index (χ2n) is 5.29. The molecule has 2 aromatic rings. The molecule has 5 nitrogen and oxygen atoms in total. The SMILES string of the molecule is CCOc1ccc(/C=C(\C#N)C(=O)OCc2ccccc2OCC)cc1. The Morgan fingerprint density at radius 1 is 1.04 bits per heavy atom. The third-order valence-electron chi connectivity index (χ3n) is 3.47. The van der Waals surface area contributed by atoms with Crippen molar-refractivity contribution in [1.29, 1.82) is 5.26 Å². The van der Waals surface area contributed by atoms with E-state index >= 15 is 0 Å². The second-order valence-corrected chi connectivity index (χ2v) is 5.29. The first-order chi connectivity index (χ1) is 12.7. The van der Waals surface area contributed by atoms with Crippen LogP contribution in [0.1, 0.15) is 25.0 Å². The van der Waals surface area contributed by atoms with Crippen molar-refractivity contribution in [1.82, 2.24) is 0 Å². The summed E-state index contributed by atoms with van der Waals surface area (Å²) in [7, 11) is 0. The van der Waals surface area contributed by atoms with Crippen LogP contribution < -0.4 is 9.47 Å². The van der Waals surface area contributed by atoms with E-state index < -0.39 is 5.97 Å². The summed E-state index contributed by atoms with van der Waals surface area (Å²) in [6.45, 7) is 4.93. The van der Waals surface area contributed by atoms with Gasteiger partial charge >= 0.3 is 5.97 Å². The average Bonchev–Trinajstić information content (AvgIpc) is 2.67. The Balaban J connectivity index is 2.06. The van der Waals surface area contributed by atoms with E-state index in [9.17, 15) is 10.1 Å². The first kappa shape index (κ1) is 19.1. The molecule has 0 saturated heterocycles. The van der Waals surface area contributed by atoms with E-state index in [1.165, 1.54) is 6.08 Å². The number of nitriles is 1. The number of esters is 1. The van der Waals surface area contributed by atoms with Gasteiger partial charge in [0.15, 0.2) is 0 Å². The zero-order valence-corrected chi connectivity index (χ0v) is 14.9. The molecule has 0 spiro atoms. The molecule has 2 aromatic carbocycles. The van der Waals surface area contributed by atoms with Gasteiger partial charge in [0.05, 0.1) is 13.2 Å². The molecular formula is C21H21NO4. The number of hydrogen-bond donors (Lipinski definition) is 0. The first-order valence-corrected chi connectivity index (χ1v) is 8.40. The molecule has 0 bridgehead atoms. The van der Waals surface area contributed by atoms with E-state index in [-0.39, 0.29) is 12.2 Å². The van der Waals surface area contributed by atoms with Gasteiger partial charge in [0.25, 0.3) is 0 Å². The summed E-state index contributed by atoms with van der Waals surface area (Å²) in [5, 5.41) is 9.26. The zero-order chi connectivity index (χ0) is 18.8. The summed E-state index contributed by atoms with van der Waals surface area (Å²) >= 11 is 0. The van der Waals surface area contributed by atoms with Crippen molar-refractivity contribution in [2.24, 2.45) is 0 Å². The molecule has 0 radical (unpaired) electrons. The van der Waals surface area contributed by atoms with Crippen LogP contribution in [0.5, 0.6) is 11.5 Å². The minimum Gasteiger partial charge on any atom is -0.494 e. The lowest BCUT2D eigenvalue weighted by atomic mass is 10.1. The summed E-state index contributed by atoms with van der Waals surface area (Å²) in [6.07, 6.45) is 1.49. The molecule has 0 atom stereocenters. The smallest absolute Gasteiger partial charge is 0.349 e. The lowest BCUT2D eigenvalue weighted by Gasteiger charge is -2.10. The molecule has 0 aromatic heterocycles. The van der Waals surface area contributed by atoms with Crippen LogP contribution in [0.15, 0.2) is 54.1 Å². The molecular weight excluding hydrogens is 330 g/mol. The van der Waals surface area contributed by atoms with Gasteiger partial charge in [-0.1, -0.05) is 30.3 Å². The van der Waals surface area contributed by atoms with Crippen LogP contribution in [0, 0.1) is 11.3 Å². The van der Waals surface area contributed by atoms with Crippen LogP contribution in [0.25, 0.3) is 6.08 Å². The Bertz CT molecular complexity index is 804. The number of rotatable bonds is 8.